The van der Waals surface area contributed by atoms with Gasteiger partial charge in [0.05, 0.1) is 30.0 Å². The minimum Gasteiger partial charge on any atom is -0.497 e. The van der Waals surface area contributed by atoms with Crippen molar-refractivity contribution >= 4 is 45.0 Å². The summed E-state index contributed by atoms with van der Waals surface area (Å²) in [6.07, 6.45) is 4.07. The Balaban J connectivity index is 1.41. The van der Waals surface area contributed by atoms with Crippen molar-refractivity contribution in [3.63, 3.8) is 0 Å². The minimum atomic E-state index is -0.760. The standard InChI is InChI=1S/C40H38N4O4S/c1-6-42(7-2)39(46)36-25(3)41-40-44(37(36)32-22-29(47-4)19-20-34(32)48-5)38(45)35(49-40)21-28-24-43(33-18-11-10-17-31(28)33)23-27-15-12-14-26-13-8-9-16-30(26)27/h8-22,24,37H,6-7,23H2,1-5H3/b35-21+/t37-/m1/s1. The van der Waals surface area contributed by atoms with Crippen LogP contribution in [0.15, 0.2) is 112 Å². The summed E-state index contributed by atoms with van der Waals surface area (Å²) in [6.45, 7) is 7.48. The first-order chi connectivity index (χ1) is 23.9. The molecule has 49 heavy (non-hydrogen) atoms. The molecule has 0 radical (unpaired) electrons. The molecule has 7 rings (SSSR count). The molecule has 0 spiro atoms. The second-order valence-electron chi connectivity index (χ2n) is 12.0. The van der Waals surface area contributed by atoms with Crippen LogP contribution in [0.25, 0.3) is 27.8 Å². The topological polar surface area (TPSA) is 78.1 Å². The number of carbonyl (C=O) groups is 1. The predicted octanol–water partition coefficient (Wildman–Crippen LogP) is 6.28. The third-order valence-electron chi connectivity index (χ3n) is 9.36. The van der Waals surface area contributed by atoms with Gasteiger partial charge < -0.3 is 18.9 Å². The molecule has 6 aromatic rings. The molecule has 4 aromatic carbocycles. The van der Waals surface area contributed by atoms with E-state index >= 15 is 0 Å². The van der Waals surface area contributed by atoms with E-state index in [9.17, 15) is 9.59 Å². The van der Waals surface area contributed by atoms with Gasteiger partial charge in [-0.2, -0.15) is 0 Å². The van der Waals surface area contributed by atoms with Crippen LogP contribution >= 0.6 is 11.3 Å². The van der Waals surface area contributed by atoms with E-state index in [0.29, 0.717) is 57.3 Å². The van der Waals surface area contributed by atoms with Crippen molar-refractivity contribution in [1.29, 1.82) is 0 Å². The lowest BCUT2D eigenvalue weighted by Gasteiger charge is -2.30. The van der Waals surface area contributed by atoms with E-state index in [1.807, 2.05) is 57.2 Å². The molecule has 9 heteroatoms. The number of amides is 1. The monoisotopic (exact) mass is 670 g/mol. The second-order valence-corrected chi connectivity index (χ2v) is 13.0. The SMILES string of the molecule is CCN(CC)C(=O)C1=C(C)N=c2s/c(=C/c3cn(Cc4cccc5ccccc45)c4ccccc34)c(=O)n2[C@@H]1c1cc(OC)ccc1OC. The van der Waals surface area contributed by atoms with Crippen LogP contribution in [0.4, 0.5) is 0 Å². The number of likely N-dealkylation sites (N-methyl/N-ethyl adjacent to an activating group) is 1. The van der Waals surface area contributed by atoms with Gasteiger partial charge in [0.25, 0.3) is 11.5 Å². The van der Waals surface area contributed by atoms with Crippen molar-refractivity contribution in [3.05, 3.63) is 139 Å². The van der Waals surface area contributed by atoms with Crippen LogP contribution in [0.3, 0.4) is 0 Å². The van der Waals surface area contributed by atoms with Crippen molar-refractivity contribution in [2.24, 2.45) is 4.99 Å². The molecule has 0 saturated heterocycles. The number of aromatic nitrogens is 2. The highest BCUT2D eigenvalue weighted by Gasteiger charge is 2.36. The Bertz CT molecular complexity index is 2440. The largest absolute Gasteiger partial charge is 0.497 e. The molecule has 0 saturated carbocycles. The van der Waals surface area contributed by atoms with Crippen LogP contribution in [-0.4, -0.2) is 47.3 Å². The molecule has 1 aliphatic rings. The molecule has 0 aliphatic carbocycles. The lowest BCUT2D eigenvalue weighted by molar-refractivity contribution is -0.127. The van der Waals surface area contributed by atoms with E-state index in [1.54, 1.807) is 23.7 Å². The van der Waals surface area contributed by atoms with E-state index in [2.05, 4.69) is 65.4 Å². The van der Waals surface area contributed by atoms with E-state index in [-0.39, 0.29) is 11.5 Å². The fourth-order valence-corrected chi connectivity index (χ4v) is 7.94. The summed E-state index contributed by atoms with van der Waals surface area (Å²) in [7, 11) is 3.18. The van der Waals surface area contributed by atoms with Crippen LogP contribution in [0.5, 0.6) is 11.5 Å². The third kappa shape index (κ3) is 5.64. The molecule has 0 N–H and O–H groups in total. The first-order valence-electron chi connectivity index (χ1n) is 16.4. The number of para-hydroxylation sites is 1. The number of allylic oxidation sites excluding steroid dienone is 1. The van der Waals surface area contributed by atoms with Gasteiger partial charge in [-0.1, -0.05) is 72.0 Å². The fraction of sp³-hybridized carbons (Fsp3) is 0.225. The van der Waals surface area contributed by atoms with Gasteiger partial charge in [-0.15, -0.1) is 0 Å². The number of ether oxygens (including phenoxy) is 2. The molecule has 3 heterocycles. The smallest absolute Gasteiger partial charge is 0.271 e. The van der Waals surface area contributed by atoms with Crippen LogP contribution in [0, 0.1) is 0 Å². The summed E-state index contributed by atoms with van der Waals surface area (Å²) in [5, 5.41) is 3.47. The Morgan fingerprint density at radius 1 is 0.939 bits per heavy atom. The summed E-state index contributed by atoms with van der Waals surface area (Å²) >= 11 is 1.33. The number of carbonyl (C=O) groups excluding carboxylic acids is 1. The maximum atomic E-state index is 14.6. The summed E-state index contributed by atoms with van der Waals surface area (Å²) in [6, 6.07) is 27.8. The van der Waals surface area contributed by atoms with Crippen molar-refractivity contribution < 1.29 is 14.3 Å². The molecule has 8 nitrogen and oxygen atoms in total. The van der Waals surface area contributed by atoms with Crippen molar-refractivity contribution in [2.75, 3.05) is 27.3 Å². The molecule has 1 amide bonds. The lowest BCUT2D eigenvalue weighted by Crippen LogP contribution is -2.43. The van der Waals surface area contributed by atoms with Gasteiger partial charge in [-0.05, 0) is 67.4 Å². The molecule has 0 bridgehead atoms. The molecule has 248 valence electrons. The number of benzene rings is 4. The number of hydrogen-bond acceptors (Lipinski definition) is 6. The number of rotatable bonds is 9. The second kappa shape index (κ2) is 13.2. The first kappa shape index (κ1) is 32.2. The molecule has 1 aliphatic heterocycles. The van der Waals surface area contributed by atoms with Crippen LogP contribution < -0.4 is 24.4 Å². The van der Waals surface area contributed by atoms with Crippen LogP contribution in [0.2, 0.25) is 0 Å². The van der Waals surface area contributed by atoms with E-state index in [1.165, 1.54) is 27.7 Å². The van der Waals surface area contributed by atoms with Crippen molar-refractivity contribution in [1.82, 2.24) is 14.0 Å². The van der Waals surface area contributed by atoms with Crippen molar-refractivity contribution in [2.45, 2.75) is 33.4 Å². The van der Waals surface area contributed by atoms with E-state index in [0.717, 1.165) is 16.5 Å². The van der Waals surface area contributed by atoms with Gasteiger partial charge in [-0.3, -0.25) is 14.2 Å². The van der Waals surface area contributed by atoms with Gasteiger partial charge in [0.15, 0.2) is 4.80 Å². The molecule has 0 fully saturated rings. The summed E-state index contributed by atoms with van der Waals surface area (Å²) in [5.74, 6) is 0.990. The summed E-state index contributed by atoms with van der Waals surface area (Å²) in [4.78, 5) is 35.8. The average molecular weight is 671 g/mol. The Hall–Kier alpha value is -5.41. The molecule has 2 aromatic heterocycles. The predicted molar refractivity (Wildman–Crippen MR) is 196 cm³/mol. The molecular formula is C40H38N4O4S. The normalized spacial score (nSPS) is 14.6. The Kier molecular flexibility index (Phi) is 8.69. The summed E-state index contributed by atoms with van der Waals surface area (Å²) < 4.78 is 15.8. The molecule has 1 atom stereocenters. The van der Waals surface area contributed by atoms with Gasteiger partial charge in [0.1, 0.15) is 17.5 Å². The van der Waals surface area contributed by atoms with Crippen molar-refractivity contribution in [3.8, 4) is 11.5 Å². The maximum absolute atomic E-state index is 14.6. The Morgan fingerprint density at radius 3 is 2.43 bits per heavy atom. The van der Waals surface area contributed by atoms with Gasteiger partial charge >= 0.3 is 0 Å². The van der Waals surface area contributed by atoms with E-state index in [4.69, 9.17) is 14.5 Å². The number of thiazole rings is 1. The number of nitrogens with zero attached hydrogens (tertiary/aromatic N) is 4. The zero-order chi connectivity index (χ0) is 34.2. The Morgan fingerprint density at radius 2 is 1.67 bits per heavy atom. The zero-order valence-corrected chi connectivity index (χ0v) is 29.1. The van der Waals surface area contributed by atoms with E-state index < -0.39 is 6.04 Å². The average Bonchev–Trinajstić information content (AvgIpc) is 3.63. The van der Waals surface area contributed by atoms with Gasteiger partial charge in [-0.25, -0.2) is 4.99 Å². The van der Waals surface area contributed by atoms with Gasteiger partial charge in [0.2, 0.25) is 0 Å². The minimum absolute atomic E-state index is 0.160. The highest BCUT2D eigenvalue weighted by atomic mass is 32.1. The highest BCUT2D eigenvalue weighted by molar-refractivity contribution is 7.07. The van der Waals surface area contributed by atoms with Gasteiger partial charge in [0, 0.05) is 47.9 Å². The number of hydrogen-bond donors (Lipinski definition) is 0. The Labute approximate surface area is 288 Å². The van der Waals surface area contributed by atoms with Crippen LogP contribution in [-0.2, 0) is 11.3 Å². The number of methoxy groups -OCH3 is 2. The molecular weight excluding hydrogens is 633 g/mol. The zero-order valence-electron chi connectivity index (χ0n) is 28.3. The lowest BCUT2D eigenvalue weighted by atomic mass is 9.93. The third-order valence-corrected chi connectivity index (χ3v) is 10.3. The fourth-order valence-electron chi connectivity index (χ4n) is 6.90. The quantitative estimate of drug-likeness (QED) is 0.182. The van der Waals surface area contributed by atoms with Crippen LogP contribution in [0.1, 0.15) is 43.5 Å². The molecule has 0 unspecified atom stereocenters. The number of fused-ring (bicyclic) bond motifs is 3. The highest BCUT2D eigenvalue weighted by Crippen LogP contribution is 2.38. The first-order valence-corrected chi connectivity index (χ1v) is 17.3. The maximum Gasteiger partial charge on any atom is 0.271 e. The summed E-state index contributed by atoms with van der Waals surface area (Å²) in [5.41, 5.74) is 4.70.